The quantitative estimate of drug-likeness (QED) is 0.291. The molecule has 2 aliphatic heterocycles. The molecule has 2 unspecified atom stereocenters. The summed E-state index contributed by atoms with van der Waals surface area (Å²) in [5, 5.41) is 6.58. The van der Waals surface area contributed by atoms with E-state index >= 15 is 0 Å². The van der Waals surface area contributed by atoms with Gasteiger partial charge in [-0.3, -0.25) is 0 Å². The maximum atomic E-state index is 5.72. The molecule has 1 fully saturated rings. The van der Waals surface area contributed by atoms with E-state index in [1.165, 1.54) is 27.8 Å². The maximum Gasteiger partial charge on any atom is 0.284 e. The highest BCUT2D eigenvalue weighted by molar-refractivity contribution is 5.77. The number of aliphatic imine (C=N–C) groups is 2. The van der Waals surface area contributed by atoms with Gasteiger partial charge in [-0.25, -0.2) is 29.9 Å². The first-order valence-electron chi connectivity index (χ1n) is 16.3. The number of rotatable bonds is 3. The Morgan fingerprint density at radius 1 is 0.851 bits per heavy atom. The lowest BCUT2D eigenvalue weighted by atomic mass is 9.76. The highest BCUT2D eigenvalue weighted by atomic mass is 16.5. The molecule has 1 saturated heterocycles. The van der Waals surface area contributed by atoms with Crippen molar-refractivity contribution in [1.29, 1.82) is 0 Å². The minimum atomic E-state index is -0.186. The number of nitrogens with zero attached hydrogens (tertiary/aromatic N) is 6. The monoisotopic (exact) mass is 633 g/mol. The van der Waals surface area contributed by atoms with Crippen molar-refractivity contribution in [3.8, 4) is 22.3 Å². The number of fused-ring (bicyclic) bond motifs is 2. The molecular weight excluding hydrogens is 590 g/mol. The summed E-state index contributed by atoms with van der Waals surface area (Å²) in [5.41, 5.74) is 15.4. The van der Waals surface area contributed by atoms with Crippen molar-refractivity contribution in [3.63, 3.8) is 0 Å². The molecule has 2 atom stereocenters. The topological polar surface area (TPSA) is 145 Å². The number of anilines is 1. The third kappa shape index (κ3) is 6.61. The number of aromatic nitrogens is 4. The number of nitrogens with two attached hydrogens (primary N) is 1. The van der Waals surface area contributed by atoms with Crippen LogP contribution in [0.25, 0.3) is 22.3 Å². The molecule has 8 rings (SSSR count). The molecule has 0 bridgehead atoms. The van der Waals surface area contributed by atoms with Gasteiger partial charge in [-0.1, -0.05) is 50.2 Å². The molecule has 2 spiro atoms. The van der Waals surface area contributed by atoms with E-state index in [2.05, 4.69) is 77.0 Å². The SMILES string of the molecule is CC.CN=C1NC2(CCc3c(cccc3-c3cncnc3)C2)CO1.CNc1ncncc1-c1ccc2c(c1)CC1(CC2)COC(N)=N1. The Kier molecular flexibility index (Phi) is 9.33. The summed E-state index contributed by atoms with van der Waals surface area (Å²) < 4.78 is 11.1. The summed E-state index contributed by atoms with van der Waals surface area (Å²) >= 11 is 0. The van der Waals surface area contributed by atoms with Crippen molar-refractivity contribution in [3.05, 3.63) is 89.9 Å². The molecule has 0 amide bonds. The zero-order valence-electron chi connectivity index (χ0n) is 27.6. The second-order valence-corrected chi connectivity index (χ2v) is 12.1. The number of amidine groups is 2. The Labute approximate surface area is 276 Å². The van der Waals surface area contributed by atoms with Gasteiger partial charge in [-0.2, -0.15) is 0 Å². The number of hydrogen-bond acceptors (Lipinski definition) is 10. The predicted octanol–water partition coefficient (Wildman–Crippen LogP) is 4.76. The van der Waals surface area contributed by atoms with Crippen LogP contribution in [-0.2, 0) is 35.2 Å². The van der Waals surface area contributed by atoms with Crippen molar-refractivity contribution in [2.45, 2.75) is 63.5 Å². The second kappa shape index (κ2) is 13.7. The van der Waals surface area contributed by atoms with Crippen molar-refractivity contribution in [2.24, 2.45) is 15.7 Å². The molecule has 11 heteroatoms. The Morgan fingerprint density at radius 3 is 2.43 bits per heavy atom. The Balaban J connectivity index is 0.000000156. The van der Waals surface area contributed by atoms with Gasteiger partial charge < -0.3 is 25.8 Å². The van der Waals surface area contributed by atoms with Gasteiger partial charge in [-0.15, -0.1) is 0 Å². The number of ether oxygens (including phenoxy) is 2. The fourth-order valence-electron chi connectivity index (χ4n) is 6.95. The molecule has 2 aromatic carbocycles. The zero-order valence-corrected chi connectivity index (χ0v) is 27.6. The van der Waals surface area contributed by atoms with Crippen LogP contribution in [0, 0.1) is 0 Å². The molecule has 2 aromatic heterocycles. The largest absolute Gasteiger partial charge is 0.463 e. The predicted molar refractivity (Wildman–Crippen MR) is 185 cm³/mol. The van der Waals surface area contributed by atoms with Crippen LogP contribution in [0.4, 0.5) is 5.82 Å². The number of benzene rings is 2. The normalized spacial score (nSPS) is 22.7. The first-order chi connectivity index (χ1) is 23.0. The van der Waals surface area contributed by atoms with E-state index in [4.69, 9.17) is 15.2 Å². The van der Waals surface area contributed by atoms with Crippen LogP contribution in [0.3, 0.4) is 0 Å². The van der Waals surface area contributed by atoms with Crippen LogP contribution in [0.5, 0.6) is 0 Å². The maximum absolute atomic E-state index is 5.72. The highest BCUT2D eigenvalue weighted by Gasteiger charge is 2.42. The zero-order chi connectivity index (χ0) is 32.9. The summed E-state index contributed by atoms with van der Waals surface area (Å²) in [5.74, 6) is 0.830. The number of hydrogen-bond donors (Lipinski definition) is 3. The first kappa shape index (κ1) is 31.9. The Morgan fingerprint density at radius 2 is 1.68 bits per heavy atom. The molecule has 2 aliphatic carbocycles. The van der Waals surface area contributed by atoms with Gasteiger partial charge in [0.05, 0.1) is 5.54 Å². The van der Waals surface area contributed by atoms with E-state index in [0.29, 0.717) is 25.3 Å². The fraction of sp³-hybridized carbons (Fsp3) is 0.389. The molecule has 4 N–H and O–H groups in total. The summed E-state index contributed by atoms with van der Waals surface area (Å²) in [6, 6.07) is 14.0. The molecule has 244 valence electrons. The van der Waals surface area contributed by atoms with E-state index in [-0.39, 0.29) is 11.1 Å². The van der Waals surface area contributed by atoms with Crippen LogP contribution in [0.15, 0.2) is 77.6 Å². The molecule has 4 aliphatic rings. The van der Waals surface area contributed by atoms with Gasteiger partial charge in [0.25, 0.3) is 12.0 Å². The van der Waals surface area contributed by atoms with Crippen molar-refractivity contribution < 1.29 is 9.47 Å². The summed E-state index contributed by atoms with van der Waals surface area (Å²) in [6.45, 7) is 5.27. The van der Waals surface area contributed by atoms with Gasteiger partial charge >= 0.3 is 0 Å². The molecule has 47 heavy (non-hydrogen) atoms. The van der Waals surface area contributed by atoms with Crippen LogP contribution < -0.4 is 16.4 Å². The van der Waals surface area contributed by atoms with Crippen LogP contribution in [0.2, 0.25) is 0 Å². The van der Waals surface area contributed by atoms with Crippen molar-refractivity contribution >= 4 is 17.9 Å². The lowest BCUT2D eigenvalue weighted by Crippen LogP contribution is -2.48. The number of aryl methyl sites for hydroxylation is 1. The fourth-order valence-corrected chi connectivity index (χ4v) is 6.95. The third-order valence-corrected chi connectivity index (χ3v) is 9.27. The lowest BCUT2D eigenvalue weighted by molar-refractivity contribution is 0.235. The average molecular weight is 634 g/mol. The van der Waals surface area contributed by atoms with Crippen LogP contribution in [0.1, 0.15) is 48.9 Å². The Bertz CT molecular complexity index is 1780. The van der Waals surface area contributed by atoms with E-state index in [1.807, 2.05) is 39.5 Å². The number of nitrogens with one attached hydrogen (secondary N) is 2. The third-order valence-electron chi connectivity index (χ3n) is 9.27. The smallest absolute Gasteiger partial charge is 0.284 e. The van der Waals surface area contributed by atoms with E-state index in [0.717, 1.165) is 61.0 Å². The molecule has 11 nitrogen and oxygen atoms in total. The summed E-state index contributed by atoms with van der Waals surface area (Å²) in [7, 11) is 3.62. The van der Waals surface area contributed by atoms with E-state index in [1.54, 1.807) is 19.7 Å². The first-order valence-corrected chi connectivity index (χ1v) is 16.3. The second-order valence-electron chi connectivity index (χ2n) is 12.1. The van der Waals surface area contributed by atoms with E-state index < -0.39 is 0 Å². The average Bonchev–Trinajstić information content (AvgIpc) is 3.70. The van der Waals surface area contributed by atoms with Gasteiger partial charge in [0.2, 0.25) is 0 Å². The van der Waals surface area contributed by atoms with Gasteiger partial charge in [-0.05, 0) is 65.5 Å². The minimum Gasteiger partial charge on any atom is -0.463 e. The molecule has 0 radical (unpaired) electrons. The lowest BCUT2D eigenvalue weighted by Gasteiger charge is -2.33. The molecule has 0 saturated carbocycles. The summed E-state index contributed by atoms with van der Waals surface area (Å²) in [6.07, 6.45) is 14.6. The highest BCUT2D eigenvalue weighted by Crippen LogP contribution is 2.38. The van der Waals surface area contributed by atoms with Gasteiger partial charge in [0.15, 0.2) is 0 Å². The standard InChI is InChI=1S/C17H19N5O.C17H18N4O.C2H6/c1-19-15-14(8-20-10-21-15)12-3-2-11-4-5-17(7-13(11)6-12)9-23-16(18)22-17;1-18-16-21-17(10-22-16)6-5-15-12(7-17)3-2-4-14(15)13-8-19-11-20-9-13;1-2/h2-3,6,8,10H,4-5,7,9H2,1H3,(H2,18,22)(H,19,20,21);2-4,8-9,11H,5-7,10H2,1H3,(H,18,21);1-2H3. The van der Waals surface area contributed by atoms with E-state index in [9.17, 15) is 0 Å². The van der Waals surface area contributed by atoms with Crippen molar-refractivity contribution in [2.75, 3.05) is 32.6 Å². The molecule has 4 heterocycles. The molecule has 4 aromatic rings. The van der Waals surface area contributed by atoms with Crippen LogP contribution >= 0.6 is 0 Å². The summed E-state index contributed by atoms with van der Waals surface area (Å²) in [4.78, 5) is 25.4. The molecular formula is C36H43N9O2. The van der Waals surface area contributed by atoms with Gasteiger partial charge in [0, 0.05) is 50.2 Å². The van der Waals surface area contributed by atoms with Crippen LogP contribution in [-0.4, -0.2) is 70.4 Å². The van der Waals surface area contributed by atoms with Crippen molar-refractivity contribution in [1.82, 2.24) is 25.3 Å². The Hall–Kier alpha value is -5.06. The van der Waals surface area contributed by atoms with Gasteiger partial charge in [0.1, 0.15) is 37.2 Å². The minimum absolute atomic E-state index is 0.00630.